The Morgan fingerprint density at radius 3 is 2.78 bits per heavy atom. The summed E-state index contributed by atoms with van der Waals surface area (Å²) in [6.45, 7) is 4.93. The number of hydrogen-bond donors (Lipinski definition) is 2. The van der Waals surface area contributed by atoms with Gasteiger partial charge in [0.25, 0.3) is 5.91 Å². The van der Waals surface area contributed by atoms with Crippen LogP contribution in [0.5, 0.6) is 5.75 Å². The van der Waals surface area contributed by atoms with Crippen LogP contribution in [0.1, 0.15) is 49.2 Å². The van der Waals surface area contributed by atoms with E-state index in [4.69, 9.17) is 9.15 Å². The Hall–Kier alpha value is -2.01. The zero-order chi connectivity index (χ0) is 16.4. The van der Waals surface area contributed by atoms with Crippen LogP contribution in [0.3, 0.4) is 0 Å². The molecule has 5 nitrogen and oxygen atoms in total. The van der Waals surface area contributed by atoms with Crippen molar-refractivity contribution < 1.29 is 13.9 Å². The number of nitrogens with one attached hydrogen (secondary N) is 2. The first-order valence-electron chi connectivity index (χ1n) is 8.22. The number of furan rings is 1. The molecule has 1 heterocycles. The van der Waals surface area contributed by atoms with Crippen LogP contribution in [0.2, 0.25) is 0 Å². The molecular formula is C18H24N2O3. The van der Waals surface area contributed by atoms with Crippen LogP contribution in [0.15, 0.2) is 22.6 Å². The summed E-state index contributed by atoms with van der Waals surface area (Å²) in [6.07, 6.45) is 3.29. The molecule has 0 saturated heterocycles. The molecule has 1 aliphatic rings. The van der Waals surface area contributed by atoms with E-state index in [0.29, 0.717) is 29.2 Å². The zero-order valence-electron chi connectivity index (χ0n) is 13.9. The minimum atomic E-state index is -0.143. The van der Waals surface area contributed by atoms with Crippen LogP contribution in [-0.4, -0.2) is 25.1 Å². The SMILES string of the molecule is COc1ccc(CNC(C)C)c2cc(C(=O)NC3CCC3)oc12. The molecule has 0 spiro atoms. The number of carbonyl (C=O) groups excluding carboxylic acids is 1. The van der Waals surface area contributed by atoms with Gasteiger partial charge < -0.3 is 19.8 Å². The number of fused-ring (bicyclic) bond motifs is 1. The first-order chi connectivity index (χ1) is 11.1. The van der Waals surface area contributed by atoms with Gasteiger partial charge >= 0.3 is 0 Å². The number of hydrogen-bond acceptors (Lipinski definition) is 4. The molecular weight excluding hydrogens is 292 g/mol. The third-order valence-electron chi connectivity index (χ3n) is 4.32. The Balaban J connectivity index is 1.91. The summed E-state index contributed by atoms with van der Waals surface area (Å²) >= 11 is 0. The monoisotopic (exact) mass is 316 g/mol. The fourth-order valence-electron chi connectivity index (χ4n) is 2.70. The van der Waals surface area contributed by atoms with Crippen LogP contribution in [0.25, 0.3) is 11.0 Å². The van der Waals surface area contributed by atoms with Crippen molar-refractivity contribution in [1.82, 2.24) is 10.6 Å². The second-order valence-corrected chi connectivity index (χ2v) is 6.42. The molecule has 124 valence electrons. The summed E-state index contributed by atoms with van der Waals surface area (Å²) in [5.74, 6) is 0.855. The Morgan fingerprint density at radius 2 is 2.17 bits per heavy atom. The van der Waals surface area contributed by atoms with Gasteiger partial charge in [0, 0.05) is 24.0 Å². The van der Waals surface area contributed by atoms with E-state index < -0.39 is 0 Å². The average molecular weight is 316 g/mol. The molecule has 5 heteroatoms. The predicted molar refractivity (Wildman–Crippen MR) is 89.8 cm³/mol. The second kappa shape index (κ2) is 6.62. The molecule has 0 unspecified atom stereocenters. The van der Waals surface area contributed by atoms with Crippen molar-refractivity contribution in [3.63, 3.8) is 0 Å². The van der Waals surface area contributed by atoms with Gasteiger partial charge in [0.1, 0.15) is 0 Å². The third kappa shape index (κ3) is 3.34. The van der Waals surface area contributed by atoms with Gasteiger partial charge in [-0.1, -0.05) is 19.9 Å². The summed E-state index contributed by atoms with van der Waals surface area (Å²) in [5.41, 5.74) is 1.73. The maximum Gasteiger partial charge on any atom is 0.287 e. The highest BCUT2D eigenvalue weighted by atomic mass is 16.5. The highest BCUT2D eigenvalue weighted by Gasteiger charge is 2.23. The Labute approximate surface area is 136 Å². The molecule has 1 fully saturated rings. The first kappa shape index (κ1) is 15.9. The van der Waals surface area contributed by atoms with Gasteiger partial charge in [-0.25, -0.2) is 0 Å². The number of ether oxygens (including phenoxy) is 1. The average Bonchev–Trinajstić information content (AvgIpc) is 2.93. The molecule has 0 bridgehead atoms. The van der Waals surface area contributed by atoms with E-state index in [-0.39, 0.29) is 5.91 Å². The van der Waals surface area contributed by atoms with Crippen molar-refractivity contribution in [3.05, 3.63) is 29.5 Å². The molecule has 1 aromatic carbocycles. The predicted octanol–water partition coefficient (Wildman–Crippen LogP) is 3.22. The van der Waals surface area contributed by atoms with Crippen molar-refractivity contribution >= 4 is 16.9 Å². The Kier molecular flexibility index (Phi) is 4.57. The lowest BCUT2D eigenvalue weighted by Crippen LogP contribution is -2.39. The molecule has 2 aromatic rings. The largest absolute Gasteiger partial charge is 0.493 e. The van der Waals surface area contributed by atoms with E-state index >= 15 is 0 Å². The van der Waals surface area contributed by atoms with E-state index in [1.807, 2.05) is 18.2 Å². The highest BCUT2D eigenvalue weighted by Crippen LogP contribution is 2.32. The maximum atomic E-state index is 12.3. The summed E-state index contributed by atoms with van der Waals surface area (Å²) in [7, 11) is 1.61. The Bertz CT molecular complexity index is 702. The van der Waals surface area contributed by atoms with Gasteiger partial charge in [0.05, 0.1) is 7.11 Å². The van der Waals surface area contributed by atoms with Crippen LogP contribution in [-0.2, 0) is 6.54 Å². The first-order valence-corrected chi connectivity index (χ1v) is 8.22. The van der Waals surface area contributed by atoms with Gasteiger partial charge in [0.15, 0.2) is 17.1 Å². The summed E-state index contributed by atoms with van der Waals surface area (Å²) in [5, 5.41) is 7.34. The molecule has 0 aliphatic heterocycles. The number of methoxy groups -OCH3 is 1. The second-order valence-electron chi connectivity index (χ2n) is 6.42. The van der Waals surface area contributed by atoms with E-state index in [1.54, 1.807) is 7.11 Å². The fourth-order valence-corrected chi connectivity index (χ4v) is 2.70. The quantitative estimate of drug-likeness (QED) is 0.859. The number of rotatable bonds is 6. The van der Waals surface area contributed by atoms with Crippen molar-refractivity contribution in [2.24, 2.45) is 0 Å². The molecule has 3 rings (SSSR count). The van der Waals surface area contributed by atoms with Crippen LogP contribution < -0.4 is 15.4 Å². The lowest BCUT2D eigenvalue weighted by atomic mass is 9.93. The normalized spacial score (nSPS) is 15.0. The van der Waals surface area contributed by atoms with E-state index in [0.717, 1.165) is 30.3 Å². The van der Waals surface area contributed by atoms with Crippen LogP contribution >= 0.6 is 0 Å². The maximum absolute atomic E-state index is 12.3. The van der Waals surface area contributed by atoms with Crippen molar-refractivity contribution in [2.75, 3.05) is 7.11 Å². The van der Waals surface area contributed by atoms with Crippen molar-refractivity contribution in [2.45, 2.75) is 51.7 Å². The third-order valence-corrected chi connectivity index (χ3v) is 4.32. The minimum Gasteiger partial charge on any atom is -0.493 e. The van der Waals surface area contributed by atoms with Gasteiger partial charge in [0.2, 0.25) is 0 Å². The van der Waals surface area contributed by atoms with E-state index in [2.05, 4.69) is 24.5 Å². The Morgan fingerprint density at radius 1 is 1.39 bits per heavy atom. The van der Waals surface area contributed by atoms with Gasteiger partial charge in [-0.15, -0.1) is 0 Å². The molecule has 1 amide bonds. The van der Waals surface area contributed by atoms with E-state index in [1.165, 1.54) is 6.42 Å². The van der Waals surface area contributed by atoms with Gasteiger partial charge in [-0.3, -0.25) is 4.79 Å². The van der Waals surface area contributed by atoms with Crippen molar-refractivity contribution in [1.29, 1.82) is 0 Å². The number of amides is 1. The fraction of sp³-hybridized carbons (Fsp3) is 0.500. The van der Waals surface area contributed by atoms with Gasteiger partial charge in [-0.05, 0) is 37.0 Å². The molecule has 2 N–H and O–H groups in total. The number of benzene rings is 1. The summed E-state index contributed by atoms with van der Waals surface area (Å²) in [6, 6.07) is 6.40. The highest BCUT2D eigenvalue weighted by molar-refractivity contribution is 5.98. The molecule has 1 aliphatic carbocycles. The summed E-state index contributed by atoms with van der Waals surface area (Å²) < 4.78 is 11.2. The lowest BCUT2D eigenvalue weighted by molar-refractivity contribution is 0.0890. The standard InChI is InChI=1S/C18H24N2O3/c1-11(2)19-10-12-7-8-15(22-3)17-14(12)9-16(23-17)18(21)20-13-5-4-6-13/h7-9,11,13,19H,4-6,10H2,1-3H3,(H,20,21). The van der Waals surface area contributed by atoms with Crippen molar-refractivity contribution in [3.8, 4) is 5.75 Å². The molecule has 23 heavy (non-hydrogen) atoms. The van der Waals surface area contributed by atoms with E-state index in [9.17, 15) is 4.79 Å². The van der Waals surface area contributed by atoms with Gasteiger partial charge in [-0.2, -0.15) is 0 Å². The van der Waals surface area contributed by atoms with Crippen LogP contribution in [0.4, 0.5) is 0 Å². The molecule has 1 saturated carbocycles. The minimum absolute atomic E-state index is 0.143. The summed E-state index contributed by atoms with van der Waals surface area (Å²) in [4.78, 5) is 12.3. The number of carbonyl (C=O) groups is 1. The lowest BCUT2D eigenvalue weighted by Gasteiger charge is -2.25. The smallest absolute Gasteiger partial charge is 0.287 e. The van der Waals surface area contributed by atoms with Crippen LogP contribution in [0, 0.1) is 0 Å². The molecule has 1 aromatic heterocycles. The molecule has 0 radical (unpaired) electrons. The molecule has 0 atom stereocenters. The zero-order valence-corrected chi connectivity index (χ0v) is 13.9. The topological polar surface area (TPSA) is 63.5 Å².